The Bertz CT molecular complexity index is 685. The van der Waals surface area contributed by atoms with Crippen molar-refractivity contribution in [3.05, 3.63) is 23.5 Å². The summed E-state index contributed by atoms with van der Waals surface area (Å²) in [5.74, 6) is -0.352. The fourth-order valence-corrected chi connectivity index (χ4v) is 4.08. The summed E-state index contributed by atoms with van der Waals surface area (Å²) in [5, 5.41) is 5.85. The molecule has 2 N–H and O–H groups in total. The van der Waals surface area contributed by atoms with Crippen LogP contribution in [0.3, 0.4) is 0 Å². The highest BCUT2D eigenvalue weighted by molar-refractivity contribution is 5.97. The van der Waals surface area contributed by atoms with E-state index in [1.807, 2.05) is 6.92 Å². The van der Waals surface area contributed by atoms with Crippen molar-refractivity contribution >= 4 is 17.5 Å². The quantitative estimate of drug-likeness (QED) is 0.838. The Balaban J connectivity index is 1.74. The third kappa shape index (κ3) is 3.59. The number of pyridine rings is 1. The van der Waals surface area contributed by atoms with E-state index in [1.165, 1.54) is 6.92 Å². The summed E-state index contributed by atoms with van der Waals surface area (Å²) in [4.78, 5) is 28.3. The molecule has 142 valence electrons. The van der Waals surface area contributed by atoms with Gasteiger partial charge < -0.3 is 20.1 Å². The Morgan fingerprint density at radius 1 is 1.38 bits per heavy atom. The summed E-state index contributed by atoms with van der Waals surface area (Å²) in [7, 11) is 0. The summed E-state index contributed by atoms with van der Waals surface area (Å²) in [6, 6.07) is 1.74. The van der Waals surface area contributed by atoms with Gasteiger partial charge in [0.2, 0.25) is 5.91 Å². The van der Waals surface area contributed by atoms with E-state index in [0.717, 1.165) is 19.3 Å². The molecule has 1 aromatic rings. The lowest BCUT2D eigenvalue weighted by molar-refractivity contribution is -0.170. The standard InChI is InChI=1S/C19H27N3O4/c1-4-26-17-10-16(19(17)5-7-25-8-6-19)22-18(24)15-9-14(21-13(3)23)11-20-12(15)2/h9,11,16-17H,4-8,10H2,1-3H3,(H,21,23)(H,22,24). The summed E-state index contributed by atoms with van der Waals surface area (Å²) in [6.45, 7) is 7.30. The van der Waals surface area contributed by atoms with E-state index in [-0.39, 0.29) is 29.4 Å². The molecule has 0 aromatic carbocycles. The fraction of sp³-hybridized carbons (Fsp3) is 0.632. The first-order valence-corrected chi connectivity index (χ1v) is 9.20. The molecule has 0 radical (unpaired) electrons. The Hall–Kier alpha value is -1.99. The van der Waals surface area contributed by atoms with E-state index in [0.29, 0.717) is 36.8 Å². The predicted octanol–water partition coefficient (Wildman–Crippen LogP) is 2.05. The van der Waals surface area contributed by atoms with Crippen LogP contribution < -0.4 is 10.6 Å². The van der Waals surface area contributed by atoms with Gasteiger partial charge in [-0.3, -0.25) is 14.6 Å². The van der Waals surface area contributed by atoms with E-state index >= 15 is 0 Å². The minimum atomic E-state index is -0.193. The first-order valence-electron chi connectivity index (χ1n) is 9.20. The maximum absolute atomic E-state index is 12.9. The van der Waals surface area contributed by atoms with Crippen LogP contribution in [0.4, 0.5) is 5.69 Å². The third-order valence-electron chi connectivity index (χ3n) is 5.53. The van der Waals surface area contributed by atoms with Crippen molar-refractivity contribution in [2.45, 2.75) is 52.2 Å². The molecule has 1 aliphatic heterocycles. The molecule has 1 spiro atoms. The van der Waals surface area contributed by atoms with Crippen molar-refractivity contribution in [3.63, 3.8) is 0 Å². The topological polar surface area (TPSA) is 89.6 Å². The highest BCUT2D eigenvalue weighted by atomic mass is 16.5. The Morgan fingerprint density at radius 2 is 2.12 bits per heavy atom. The number of ether oxygens (including phenoxy) is 2. The van der Waals surface area contributed by atoms with Crippen LogP contribution in [0.25, 0.3) is 0 Å². The molecule has 2 atom stereocenters. The second-order valence-corrected chi connectivity index (χ2v) is 7.09. The molecule has 3 rings (SSSR count). The van der Waals surface area contributed by atoms with Crippen LogP contribution in [0.2, 0.25) is 0 Å². The van der Waals surface area contributed by atoms with Crippen LogP contribution in [0.5, 0.6) is 0 Å². The molecule has 1 aliphatic carbocycles. The molecule has 2 fully saturated rings. The molecule has 2 unspecified atom stereocenters. The van der Waals surface area contributed by atoms with E-state index in [1.54, 1.807) is 19.2 Å². The number of carbonyl (C=O) groups excluding carboxylic acids is 2. The van der Waals surface area contributed by atoms with Crippen LogP contribution in [0, 0.1) is 12.3 Å². The SMILES string of the molecule is CCOC1CC(NC(=O)c2cc(NC(C)=O)cnc2C)C12CCOCC2. The van der Waals surface area contributed by atoms with Gasteiger partial charge in [0, 0.05) is 38.2 Å². The summed E-state index contributed by atoms with van der Waals surface area (Å²) in [5.41, 5.74) is 1.60. The number of nitrogens with one attached hydrogen (secondary N) is 2. The van der Waals surface area contributed by atoms with Crippen LogP contribution in [-0.2, 0) is 14.3 Å². The number of aryl methyl sites for hydroxylation is 1. The number of carbonyl (C=O) groups is 2. The lowest BCUT2D eigenvalue weighted by Gasteiger charge is -2.57. The van der Waals surface area contributed by atoms with Crippen molar-refractivity contribution in [2.75, 3.05) is 25.1 Å². The van der Waals surface area contributed by atoms with E-state index in [9.17, 15) is 9.59 Å². The molecule has 2 amide bonds. The lowest BCUT2D eigenvalue weighted by Crippen LogP contribution is -2.66. The Morgan fingerprint density at radius 3 is 2.77 bits per heavy atom. The Labute approximate surface area is 153 Å². The van der Waals surface area contributed by atoms with Gasteiger partial charge in [-0.15, -0.1) is 0 Å². The monoisotopic (exact) mass is 361 g/mol. The molecule has 2 aliphatic rings. The predicted molar refractivity (Wildman–Crippen MR) is 97.0 cm³/mol. The second-order valence-electron chi connectivity index (χ2n) is 7.09. The molecule has 1 saturated heterocycles. The highest BCUT2D eigenvalue weighted by Gasteiger charge is 2.56. The molecule has 1 aromatic heterocycles. The maximum atomic E-state index is 12.9. The van der Waals surface area contributed by atoms with Gasteiger partial charge in [-0.05, 0) is 39.2 Å². The summed E-state index contributed by atoms with van der Waals surface area (Å²) < 4.78 is 11.4. The first kappa shape index (κ1) is 18.8. The molecule has 26 heavy (non-hydrogen) atoms. The van der Waals surface area contributed by atoms with E-state index in [2.05, 4.69) is 15.6 Å². The van der Waals surface area contributed by atoms with Crippen molar-refractivity contribution in [1.82, 2.24) is 10.3 Å². The van der Waals surface area contributed by atoms with Crippen molar-refractivity contribution < 1.29 is 19.1 Å². The molecular weight excluding hydrogens is 334 g/mol. The van der Waals surface area contributed by atoms with Gasteiger partial charge in [0.1, 0.15) is 0 Å². The van der Waals surface area contributed by atoms with Gasteiger partial charge >= 0.3 is 0 Å². The van der Waals surface area contributed by atoms with Gasteiger partial charge in [-0.1, -0.05) is 0 Å². The zero-order chi connectivity index (χ0) is 18.7. The Kier molecular flexibility index (Phi) is 5.58. The average Bonchev–Trinajstić information content (AvgIpc) is 2.62. The number of amides is 2. The van der Waals surface area contributed by atoms with Crippen molar-refractivity contribution in [2.24, 2.45) is 5.41 Å². The third-order valence-corrected chi connectivity index (χ3v) is 5.53. The van der Waals surface area contributed by atoms with E-state index < -0.39 is 0 Å². The summed E-state index contributed by atoms with van der Waals surface area (Å²) in [6.07, 6.45) is 4.34. The maximum Gasteiger partial charge on any atom is 0.253 e. The number of aromatic nitrogens is 1. The molecule has 2 heterocycles. The molecule has 1 saturated carbocycles. The van der Waals surface area contributed by atoms with Gasteiger partial charge in [-0.25, -0.2) is 0 Å². The molecular formula is C19H27N3O4. The normalized spacial score (nSPS) is 24.0. The lowest BCUT2D eigenvalue weighted by atomic mass is 9.57. The zero-order valence-corrected chi connectivity index (χ0v) is 15.6. The van der Waals surface area contributed by atoms with Gasteiger partial charge in [0.05, 0.1) is 29.2 Å². The summed E-state index contributed by atoms with van der Waals surface area (Å²) >= 11 is 0. The van der Waals surface area contributed by atoms with E-state index in [4.69, 9.17) is 9.47 Å². The van der Waals surface area contributed by atoms with Crippen LogP contribution in [-0.4, -0.2) is 48.8 Å². The van der Waals surface area contributed by atoms with Crippen molar-refractivity contribution in [3.8, 4) is 0 Å². The minimum absolute atomic E-state index is 0.0412. The van der Waals surface area contributed by atoms with Gasteiger partial charge in [0.25, 0.3) is 5.91 Å². The van der Waals surface area contributed by atoms with Crippen LogP contribution >= 0.6 is 0 Å². The smallest absolute Gasteiger partial charge is 0.253 e. The zero-order valence-electron chi connectivity index (χ0n) is 15.6. The molecule has 7 nitrogen and oxygen atoms in total. The first-order chi connectivity index (χ1) is 12.5. The largest absolute Gasteiger partial charge is 0.381 e. The van der Waals surface area contributed by atoms with Gasteiger partial charge in [-0.2, -0.15) is 0 Å². The fourth-order valence-electron chi connectivity index (χ4n) is 4.08. The average molecular weight is 361 g/mol. The van der Waals surface area contributed by atoms with Crippen molar-refractivity contribution in [1.29, 1.82) is 0 Å². The number of nitrogens with zero attached hydrogens (tertiary/aromatic N) is 1. The highest BCUT2D eigenvalue weighted by Crippen LogP contribution is 2.50. The van der Waals surface area contributed by atoms with Gasteiger partial charge in [0.15, 0.2) is 0 Å². The second kappa shape index (κ2) is 7.72. The van der Waals surface area contributed by atoms with Crippen LogP contribution in [0.1, 0.15) is 49.2 Å². The number of anilines is 1. The van der Waals surface area contributed by atoms with Crippen LogP contribution in [0.15, 0.2) is 12.3 Å². The molecule has 0 bridgehead atoms. The number of hydrogen-bond donors (Lipinski definition) is 2. The minimum Gasteiger partial charge on any atom is -0.381 e. The number of rotatable bonds is 5. The number of hydrogen-bond acceptors (Lipinski definition) is 5. The molecule has 7 heteroatoms.